The van der Waals surface area contributed by atoms with Crippen molar-refractivity contribution >= 4 is 11.9 Å². The van der Waals surface area contributed by atoms with Crippen LogP contribution in [-0.4, -0.2) is 16.0 Å². The summed E-state index contributed by atoms with van der Waals surface area (Å²) < 4.78 is 0. The second kappa shape index (κ2) is 3.77. The van der Waals surface area contributed by atoms with E-state index in [1.807, 2.05) is 0 Å². The predicted octanol–water partition coefficient (Wildman–Crippen LogP) is 2.23. The number of rotatable bonds is 1. The Morgan fingerprint density at radius 3 is 2.53 bits per heavy atom. The molecule has 0 aliphatic heterocycles. The van der Waals surface area contributed by atoms with E-state index < -0.39 is 0 Å². The SMILES string of the molecule is O=C1CCCC1=Cc1ccc(O)c(O)c1. The van der Waals surface area contributed by atoms with Crippen molar-refractivity contribution in [2.24, 2.45) is 0 Å². The topological polar surface area (TPSA) is 57.5 Å². The molecule has 0 aromatic heterocycles. The van der Waals surface area contributed by atoms with E-state index in [2.05, 4.69) is 0 Å². The Balaban J connectivity index is 2.31. The number of aromatic hydroxyl groups is 2. The predicted molar refractivity (Wildman–Crippen MR) is 56.6 cm³/mol. The summed E-state index contributed by atoms with van der Waals surface area (Å²) in [6, 6.07) is 4.54. The van der Waals surface area contributed by atoms with Crippen LogP contribution in [-0.2, 0) is 4.79 Å². The summed E-state index contributed by atoms with van der Waals surface area (Å²) in [6.45, 7) is 0. The third kappa shape index (κ3) is 2.01. The average Bonchev–Trinajstić information content (AvgIpc) is 2.59. The van der Waals surface area contributed by atoms with Crippen molar-refractivity contribution in [2.45, 2.75) is 19.3 Å². The fourth-order valence-electron chi connectivity index (χ4n) is 1.72. The Kier molecular flexibility index (Phi) is 2.46. The summed E-state index contributed by atoms with van der Waals surface area (Å²) in [5, 5.41) is 18.4. The number of phenols is 2. The first-order chi connectivity index (χ1) is 7.16. The average molecular weight is 204 g/mol. The highest BCUT2D eigenvalue weighted by Crippen LogP contribution is 2.28. The summed E-state index contributed by atoms with van der Waals surface area (Å²) in [4.78, 5) is 11.4. The van der Waals surface area contributed by atoms with Gasteiger partial charge in [-0.3, -0.25) is 4.79 Å². The van der Waals surface area contributed by atoms with Gasteiger partial charge in [-0.2, -0.15) is 0 Å². The molecular weight excluding hydrogens is 192 g/mol. The van der Waals surface area contributed by atoms with Crippen LogP contribution >= 0.6 is 0 Å². The van der Waals surface area contributed by atoms with Crippen molar-refractivity contribution in [3.63, 3.8) is 0 Å². The lowest BCUT2D eigenvalue weighted by molar-refractivity contribution is -0.114. The molecule has 0 saturated heterocycles. The van der Waals surface area contributed by atoms with E-state index in [1.165, 1.54) is 12.1 Å². The molecule has 1 aliphatic carbocycles. The highest BCUT2D eigenvalue weighted by molar-refractivity contribution is 6.01. The minimum Gasteiger partial charge on any atom is -0.504 e. The third-order valence-corrected chi connectivity index (χ3v) is 2.55. The zero-order valence-electron chi connectivity index (χ0n) is 8.23. The second-order valence-electron chi connectivity index (χ2n) is 3.69. The lowest BCUT2D eigenvalue weighted by Gasteiger charge is -2.00. The Labute approximate surface area is 87.7 Å². The van der Waals surface area contributed by atoms with E-state index in [-0.39, 0.29) is 17.3 Å². The van der Waals surface area contributed by atoms with Crippen molar-refractivity contribution in [1.82, 2.24) is 0 Å². The molecule has 0 spiro atoms. The molecule has 0 radical (unpaired) electrons. The van der Waals surface area contributed by atoms with Crippen LogP contribution < -0.4 is 0 Å². The zero-order valence-corrected chi connectivity index (χ0v) is 8.23. The number of hydrogen-bond acceptors (Lipinski definition) is 3. The molecule has 2 rings (SSSR count). The van der Waals surface area contributed by atoms with Crippen LogP contribution in [0, 0.1) is 0 Å². The molecule has 1 fully saturated rings. The Morgan fingerprint density at radius 2 is 1.93 bits per heavy atom. The van der Waals surface area contributed by atoms with Crippen molar-refractivity contribution < 1.29 is 15.0 Å². The molecule has 1 aliphatic rings. The van der Waals surface area contributed by atoms with Crippen LogP contribution in [0.4, 0.5) is 0 Å². The molecule has 3 nitrogen and oxygen atoms in total. The minimum absolute atomic E-state index is 0.144. The van der Waals surface area contributed by atoms with Gasteiger partial charge in [0.2, 0.25) is 0 Å². The molecule has 3 heteroatoms. The van der Waals surface area contributed by atoms with Crippen LogP contribution in [0.5, 0.6) is 11.5 Å². The van der Waals surface area contributed by atoms with Gasteiger partial charge >= 0.3 is 0 Å². The summed E-state index contributed by atoms with van der Waals surface area (Å²) in [7, 11) is 0. The standard InChI is InChI=1S/C12H12O3/c13-10-3-1-2-9(10)6-8-4-5-11(14)12(15)7-8/h4-7,14-15H,1-3H2. The van der Waals surface area contributed by atoms with Crippen LogP contribution in [0.2, 0.25) is 0 Å². The van der Waals surface area contributed by atoms with Crippen molar-refractivity contribution in [2.75, 3.05) is 0 Å². The molecule has 0 amide bonds. The fraction of sp³-hybridized carbons (Fsp3) is 0.250. The smallest absolute Gasteiger partial charge is 0.158 e. The number of phenolic OH excluding ortho intramolecular Hbond substituents is 2. The Bertz CT molecular complexity index is 432. The minimum atomic E-state index is -0.158. The van der Waals surface area contributed by atoms with Gasteiger partial charge in [0.1, 0.15) is 0 Å². The van der Waals surface area contributed by atoms with E-state index in [1.54, 1.807) is 12.1 Å². The van der Waals surface area contributed by atoms with Gasteiger partial charge in [0.25, 0.3) is 0 Å². The van der Waals surface area contributed by atoms with Crippen LogP contribution in [0.25, 0.3) is 6.08 Å². The summed E-state index contributed by atoms with van der Waals surface area (Å²) in [5.41, 5.74) is 1.55. The van der Waals surface area contributed by atoms with E-state index in [4.69, 9.17) is 5.11 Å². The molecule has 2 N–H and O–H groups in total. The van der Waals surface area contributed by atoms with E-state index in [0.717, 1.165) is 24.0 Å². The number of Topliss-reactive ketones (excluding diaryl/α,β-unsaturated/α-hetero) is 1. The van der Waals surface area contributed by atoms with Gasteiger partial charge in [-0.1, -0.05) is 6.07 Å². The Hall–Kier alpha value is -1.77. The first kappa shape index (κ1) is 9.77. The highest BCUT2D eigenvalue weighted by atomic mass is 16.3. The van der Waals surface area contributed by atoms with E-state index in [9.17, 15) is 9.90 Å². The largest absolute Gasteiger partial charge is 0.504 e. The van der Waals surface area contributed by atoms with E-state index >= 15 is 0 Å². The van der Waals surface area contributed by atoms with Crippen molar-refractivity contribution in [1.29, 1.82) is 0 Å². The summed E-state index contributed by atoms with van der Waals surface area (Å²) >= 11 is 0. The van der Waals surface area contributed by atoms with Gasteiger partial charge in [-0.25, -0.2) is 0 Å². The molecule has 1 saturated carbocycles. The molecular formula is C12H12O3. The normalized spacial score (nSPS) is 18.7. The summed E-state index contributed by atoms with van der Waals surface area (Å²) in [6.07, 6.45) is 4.11. The maximum absolute atomic E-state index is 11.4. The maximum atomic E-state index is 11.4. The number of allylic oxidation sites excluding steroid dienone is 1. The monoisotopic (exact) mass is 204 g/mol. The molecule has 78 valence electrons. The molecule has 0 heterocycles. The van der Waals surface area contributed by atoms with Crippen molar-refractivity contribution in [3.8, 4) is 11.5 Å². The number of hydrogen-bond donors (Lipinski definition) is 2. The number of carbonyl (C=O) groups excluding carboxylic acids is 1. The maximum Gasteiger partial charge on any atom is 0.158 e. The van der Waals surface area contributed by atoms with Gasteiger partial charge in [-0.15, -0.1) is 0 Å². The van der Waals surface area contributed by atoms with Crippen LogP contribution in [0.15, 0.2) is 23.8 Å². The molecule has 0 atom stereocenters. The molecule has 0 unspecified atom stereocenters. The zero-order chi connectivity index (χ0) is 10.8. The number of ketones is 1. The number of benzene rings is 1. The number of carbonyl (C=O) groups is 1. The molecule has 1 aromatic rings. The molecule has 0 bridgehead atoms. The van der Waals surface area contributed by atoms with Gasteiger partial charge in [0, 0.05) is 6.42 Å². The van der Waals surface area contributed by atoms with Crippen molar-refractivity contribution in [3.05, 3.63) is 29.3 Å². The lowest BCUT2D eigenvalue weighted by atomic mass is 10.1. The Morgan fingerprint density at radius 1 is 1.13 bits per heavy atom. The second-order valence-corrected chi connectivity index (χ2v) is 3.69. The quantitative estimate of drug-likeness (QED) is 0.544. The first-order valence-corrected chi connectivity index (χ1v) is 4.92. The fourth-order valence-corrected chi connectivity index (χ4v) is 1.72. The van der Waals surface area contributed by atoms with E-state index in [0.29, 0.717) is 6.42 Å². The van der Waals surface area contributed by atoms with Gasteiger partial charge in [-0.05, 0) is 42.2 Å². The van der Waals surface area contributed by atoms with Gasteiger partial charge in [0.15, 0.2) is 17.3 Å². The molecule has 15 heavy (non-hydrogen) atoms. The molecule has 1 aromatic carbocycles. The summed E-state index contributed by atoms with van der Waals surface area (Å²) in [5.74, 6) is -0.118. The van der Waals surface area contributed by atoms with Crippen LogP contribution in [0.3, 0.4) is 0 Å². The first-order valence-electron chi connectivity index (χ1n) is 4.92. The highest BCUT2D eigenvalue weighted by Gasteiger charge is 2.16. The van der Waals surface area contributed by atoms with Crippen LogP contribution in [0.1, 0.15) is 24.8 Å². The van der Waals surface area contributed by atoms with Gasteiger partial charge < -0.3 is 10.2 Å². The van der Waals surface area contributed by atoms with Gasteiger partial charge in [0.05, 0.1) is 0 Å². The third-order valence-electron chi connectivity index (χ3n) is 2.55. The lowest BCUT2D eigenvalue weighted by Crippen LogP contribution is -1.90.